The van der Waals surface area contributed by atoms with Gasteiger partial charge in [0.05, 0.1) is 7.11 Å². The van der Waals surface area contributed by atoms with Crippen molar-refractivity contribution in [2.45, 2.75) is 0 Å². The smallest absolute Gasteiger partial charge is 0.355 e. The van der Waals surface area contributed by atoms with Gasteiger partial charge in [0.15, 0.2) is 17.3 Å². The second-order valence-electron chi connectivity index (χ2n) is 3.55. The van der Waals surface area contributed by atoms with Crippen molar-refractivity contribution in [1.29, 1.82) is 0 Å². The number of nitrogens with zero attached hydrogens (tertiary/aromatic N) is 1. The largest absolute Gasteiger partial charge is 0.494 e. The number of carboxylic acid groups (broad SMARTS) is 1. The average molecular weight is 247 g/mol. The van der Waals surface area contributed by atoms with Crippen LogP contribution < -0.4 is 4.74 Å². The maximum atomic E-state index is 13.6. The SMILES string of the molecule is COc1ccc(-c2cccnc2C(=O)O)cc1F. The molecule has 1 aromatic heterocycles. The van der Waals surface area contributed by atoms with Gasteiger partial charge in [0.1, 0.15) is 0 Å². The van der Waals surface area contributed by atoms with E-state index in [4.69, 9.17) is 9.84 Å². The van der Waals surface area contributed by atoms with Gasteiger partial charge >= 0.3 is 5.97 Å². The van der Waals surface area contributed by atoms with Gasteiger partial charge in [-0.05, 0) is 23.8 Å². The van der Waals surface area contributed by atoms with E-state index in [9.17, 15) is 9.18 Å². The van der Waals surface area contributed by atoms with Crippen LogP contribution in [-0.4, -0.2) is 23.2 Å². The van der Waals surface area contributed by atoms with Crippen molar-refractivity contribution in [2.24, 2.45) is 0 Å². The summed E-state index contributed by atoms with van der Waals surface area (Å²) in [5.41, 5.74) is 0.701. The van der Waals surface area contributed by atoms with Crippen LogP contribution in [0.15, 0.2) is 36.5 Å². The number of aromatic carboxylic acids is 1. The first-order valence-corrected chi connectivity index (χ1v) is 5.15. The molecule has 0 saturated carbocycles. The van der Waals surface area contributed by atoms with Crippen LogP contribution in [0.4, 0.5) is 4.39 Å². The quantitative estimate of drug-likeness (QED) is 0.905. The number of carbonyl (C=O) groups is 1. The molecule has 1 aromatic carbocycles. The molecule has 2 rings (SSSR count). The summed E-state index contributed by atoms with van der Waals surface area (Å²) >= 11 is 0. The van der Waals surface area contributed by atoms with E-state index in [1.165, 1.54) is 25.4 Å². The lowest BCUT2D eigenvalue weighted by atomic mass is 10.0. The van der Waals surface area contributed by atoms with Crippen LogP contribution in [0.2, 0.25) is 0 Å². The summed E-state index contributed by atoms with van der Waals surface area (Å²) in [5, 5.41) is 9.02. The zero-order chi connectivity index (χ0) is 13.1. The summed E-state index contributed by atoms with van der Waals surface area (Å²) in [7, 11) is 1.37. The number of benzene rings is 1. The van der Waals surface area contributed by atoms with E-state index in [2.05, 4.69) is 4.98 Å². The maximum absolute atomic E-state index is 13.6. The minimum absolute atomic E-state index is 0.109. The number of carboxylic acids is 1. The van der Waals surface area contributed by atoms with Crippen molar-refractivity contribution in [3.05, 3.63) is 48.0 Å². The van der Waals surface area contributed by atoms with Gasteiger partial charge in [0.2, 0.25) is 0 Å². The van der Waals surface area contributed by atoms with E-state index >= 15 is 0 Å². The van der Waals surface area contributed by atoms with Crippen LogP contribution in [0, 0.1) is 5.82 Å². The van der Waals surface area contributed by atoms with Gasteiger partial charge in [-0.15, -0.1) is 0 Å². The molecular weight excluding hydrogens is 237 g/mol. The highest BCUT2D eigenvalue weighted by Crippen LogP contribution is 2.27. The zero-order valence-electron chi connectivity index (χ0n) is 9.55. The Balaban J connectivity index is 2.55. The molecule has 0 unspecified atom stereocenters. The minimum atomic E-state index is -1.15. The van der Waals surface area contributed by atoms with Crippen molar-refractivity contribution in [1.82, 2.24) is 4.98 Å². The van der Waals surface area contributed by atoms with Gasteiger partial charge in [0, 0.05) is 11.8 Å². The molecule has 0 fully saturated rings. The zero-order valence-corrected chi connectivity index (χ0v) is 9.55. The molecule has 1 N–H and O–H groups in total. The number of hydrogen-bond acceptors (Lipinski definition) is 3. The fraction of sp³-hybridized carbons (Fsp3) is 0.0769. The molecule has 1 heterocycles. The highest BCUT2D eigenvalue weighted by Gasteiger charge is 2.14. The number of hydrogen-bond donors (Lipinski definition) is 1. The highest BCUT2D eigenvalue weighted by atomic mass is 19.1. The van der Waals surface area contributed by atoms with E-state index in [1.54, 1.807) is 18.2 Å². The summed E-state index contributed by atoms with van der Waals surface area (Å²) in [5.74, 6) is -1.59. The van der Waals surface area contributed by atoms with Crippen molar-refractivity contribution in [3.8, 4) is 16.9 Å². The number of rotatable bonds is 3. The average Bonchev–Trinajstić information content (AvgIpc) is 2.38. The van der Waals surface area contributed by atoms with Gasteiger partial charge in [-0.25, -0.2) is 14.2 Å². The molecule has 0 bridgehead atoms. The van der Waals surface area contributed by atoms with Crippen molar-refractivity contribution >= 4 is 5.97 Å². The summed E-state index contributed by atoms with van der Waals surface area (Å²) in [6.07, 6.45) is 1.38. The molecule has 0 aliphatic carbocycles. The van der Waals surface area contributed by atoms with Crippen LogP contribution in [0.25, 0.3) is 11.1 Å². The van der Waals surface area contributed by atoms with Crippen molar-refractivity contribution < 1.29 is 19.0 Å². The van der Waals surface area contributed by atoms with Crippen LogP contribution >= 0.6 is 0 Å². The topological polar surface area (TPSA) is 59.4 Å². The Morgan fingerprint density at radius 1 is 1.39 bits per heavy atom. The van der Waals surface area contributed by atoms with E-state index in [-0.39, 0.29) is 11.4 Å². The molecule has 0 atom stereocenters. The van der Waals surface area contributed by atoms with Gasteiger partial charge in [-0.3, -0.25) is 0 Å². The fourth-order valence-electron chi connectivity index (χ4n) is 1.64. The van der Waals surface area contributed by atoms with Gasteiger partial charge in [0.25, 0.3) is 0 Å². The van der Waals surface area contributed by atoms with Crippen molar-refractivity contribution in [2.75, 3.05) is 7.11 Å². The Labute approximate surface area is 103 Å². The first kappa shape index (κ1) is 12.0. The lowest BCUT2D eigenvalue weighted by Crippen LogP contribution is -2.02. The number of pyridine rings is 1. The molecule has 2 aromatic rings. The predicted octanol–water partition coefficient (Wildman–Crippen LogP) is 2.59. The Hall–Kier alpha value is -2.43. The monoisotopic (exact) mass is 247 g/mol. The normalized spacial score (nSPS) is 10.1. The third-order valence-electron chi connectivity index (χ3n) is 2.47. The maximum Gasteiger partial charge on any atom is 0.355 e. The van der Waals surface area contributed by atoms with Gasteiger partial charge < -0.3 is 9.84 Å². The molecule has 0 aliphatic heterocycles. The lowest BCUT2D eigenvalue weighted by Gasteiger charge is -2.07. The molecule has 0 radical (unpaired) electrons. The second kappa shape index (κ2) is 4.83. The number of aromatic nitrogens is 1. The van der Waals surface area contributed by atoms with Crippen LogP contribution in [0.3, 0.4) is 0 Å². The van der Waals surface area contributed by atoms with E-state index < -0.39 is 11.8 Å². The molecule has 18 heavy (non-hydrogen) atoms. The van der Waals surface area contributed by atoms with Crippen LogP contribution in [0.1, 0.15) is 10.5 Å². The van der Waals surface area contributed by atoms with E-state index in [0.29, 0.717) is 11.1 Å². The lowest BCUT2D eigenvalue weighted by molar-refractivity contribution is 0.0691. The van der Waals surface area contributed by atoms with Crippen LogP contribution in [0.5, 0.6) is 5.75 Å². The Morgan fingerprint density at radius 2 is 2.17 bits per heavy atom. The van der Waals surface area contributed by atoms with E-state index in [1.807, 2.05) is 0 Å². The molecule has 92 valence electrons. The van der Waals surface area contributed by atoms with Crippen molar-refractivity contribution in [3.63, 3.8) is 0 Å². The molecular formula is C13H10FNO3. The molecule has 0 saturated heterocycles. The van der Waals surface area contributed by atoms with Gasteiger partial charge in [-0.2, -0.15) is 0 Å². The number of halogens is 1. The first-order chi connectivity index (χ1) is 8.63. The van der Waals surface area contributed by atoms with Crippen LogP contribution in [-0.2, 0) is 0 Å². The van der Waals surface area contributed by atoms with E-state index in [0.717, 1.165) is 0 Å². The van der Waals surface area contributed by atoms with Gasteiger partial charge in [-0.1, -0.05) is 12.1 Å². The Kier molecular flexibility index (Phi) is 3.23. The minimum Gasteiger partial charge on any atom is -0.494 e. The molecule has 0 spiro atoms. The molecule has 0 aliphatic rings. The summed E-state index contributed by atoms with van der Waals surface area (Å²) in [6, 6.07) is 7.44. The molecule has 0 amide bonds. The predicted molar refractivity (Wildman–Crippen MR) is 63.1 cm³/mol. The summed E-state index contributed by atoms with van der Waals surface area (Å²) < 4.78 is 18.4. The first-order valence-electron chi connectivity index (χ1n) is 5.15. The molecule has 4 nitrogen and oxygen atoms in total. The Bertz CT molecular complexity index is 599. The second-order valence-corrected chi connectivity index (χ2v) is 3.55. The highest BCUT2D eigenvalue weighted by molar-refractivity contribution is 5.93. The standard InChI is InChI=1S/C13H10FNO3/c1-18-11-5-4-8(7-10(11)14)9-3-2-6-15-12(9)13(16)17/h2-7H,1H3,(H,16,17). The number of ether oxygens (including phenoxy) is 1. The summed E-state index contributed by atoms with van der Waals surface area (Å²) in [4.78, 5) is 14.8. The fourth-order valence-corrected chi connectivity index (χ4v) is 1.64. The molecule has 5 heteroatoms. The third kappa shape index (κ3) is 2.15. The summed E-state index contributed by atoms with van der Waals surface area (Å²) in [6.45, 7) is 0. The number of methoxy groups -OCH3 is 1. The third-order valence-corrected chi connectivity index (χ3v) is 2.47. The Morgan fingerprint density at radius 3 is 2.78 bits per heavy atom.